The van der Waals surface area contributed by atoms with Gasteiger partial charge >= 0.3 is 0 Å². The number of nitrogens with one attached hydrogen (secondary N) is 1. The number of benzene rings is 2. The maximum atomic E-state index is 12.3. The number of hydrogen-bond acceptors (Lipinski definition) is 3. The molecule has 4 rings (SSSR count). The molecule has 26 heavy (non-hydrogen) atoms. The van der Waals surface area contributed by atoms with Crippen LogP contribution in [0.3, 0.4) is 0 Å². The van der Waals surface area contributed by atoms with Crippen LogP contribution >= 0.6 is 15.9 Å². The van der Waals surface area contributed by atoms with Gasteiger partial charge in [0.1, 0.15) is 0 Å². The lowest BCUT2D eigenvalue weighted by molar-refractivity contribution is 0.102. The number of rotatable bonds is 3. The highest BCUT2D eigenvalue weighted by molar-refractivity contribution is 9.10. The molecule has 0 saturated heterocycles. The molecule has 0 radical (unpaired) electrons. The second-order valence-electron chi connectivity index (χ2n) is 5.94. The highest BCUT2D eigenvalue weighted by Gasteiger charge is 2.08. The van der Waals surface area contributed by atoms with Gasteiger partial charge in [-0.2, -0.15) is 0 Å². The number of halogens is 1. The number of amides is 1. The minimum atomic E-state index is -0.147. The molecule has 2 aromatic heterocycles. The van der Waals surface area contributed by atoms with Crippen LogP contribution in [0.25, 0.3) is 17.0 Å². The van der Waals surface area contributed by atoms with Gasteiger partial charge in [0.05, 0.1) is 5.69 Å². The summed E-state index contributed by atoms with van der Waals surface area (Å²) in [5.74, 6) is 0.526. The zero-order chi connectivity index (χ0) is 18.1. The Labute approximate surface area is 158 Å². The fraction of sp³-hybridized carbons (Fsp3) is 0.0500. The number of imidazole rings is 1. The zero-order valence-electron chi connectivity index (χ0n) is 14.0. The minimum Gasteiger partial charge on any atom is -0.322 e. The van der Waals surface area contributed by atoms with Crippen molar-refractivity contribution < 1.29 is 4.79 Å². The predicted molar refractivity (Wildman–Crippen MR) is 105 cm³/mol. The summed E-state index contributed by atoms with van der Waals surface area (Å²) >= 11 is 3.38. The Balaban J connectivity index is 1.55. The molecular formula is C20H15BrN4O. The molecule has 2 heterocycles. The number of fused-ring (bicyclic) bond motifs is 1. The number of aryl methyl sites for hydroxylation is 1. The van der Waals surface area contributed by atoms with Gasteiger partial charge in [0.25, 0.3) is 5.91 Å². The molecule has 6 heteroatoms. The monoisotopic (exact) mass is 406 g/mol. The summed E-state index contributed by atoms with van der Waals surface area (Å²) < 4.78 is 2.77. The Kier molecular flexibility index (Phi) is 4.26. The van der Waals surface area contributed by atoms with Gasteiger partial charge in [-0.05, 0) is 43.3 Å². The van der Waals surface area contributed by atoms with Crippen LogP contribution in [0.2, 0.25) is 0 Å². The summed E-state index contributed by atoms with van der Waals surface area (Å²) in [5, 5.41) is 2.90. The van der Waals surface area contributed by atoms with Gasteiger partial charge in [-0.1, -0.05) is 34.1 Å². The molecule has 1 N–H and O–H groups in total. The molecule has 0 aliphatic heterocycles. The fourth-order valence-electron chi connectivity index (χ4n) is 2.66. The van der Waals surface area contributed by atoms with Crippen molar-refractivity contribution in [1.29, 1.82) is 0 Å². The number of anilines is 1. The molecule has 0 unspecified atom stereocenters. The molecule has 128 valence electrons. The van der Waals surface area contributed by atoms with Crippen LogP contribution in [0.4, 0.5) is 5.69 Å². The number of carbonyl (C=O) groups is 1. The van der Waals surface area contributed by atoms with Crippen molar-refractivity contribution >= 4 is 33.3 Å². The second kappa shape index (κ2) is 6.72. The van der Waals surface area contributed by atoms with Crippen LogP contribution in [0.1, 0.15) is 16.1 Å². The molecule has 4 aromatic rings. The summed E-state index contributed by atoms with van der Waals surface area (Å²) in [7, 11) is 0. The molecule has 5 nitrogen and oxygen atoms in total. The van der Waals surface area contributed by atoms with Crippen LogP contribution in [0.5, 0.6) is 0 Å². The minimum absolute atomic E-state index is 0.147. The van der Waals surface area contributed by atoms with E-state index in [1.165, 1.54) is 0 Å². The topological polar surface area (TPSA) is 59.3 Å². The van der Waals surface area contributed by atoms with Gasteiger partial charge in [-0.3, -0.25) is 9.20 Å². The van der Waals surface area contributed by atoms with Crippen molar-refractivity contribution in [2.24, 2.45) is 0 Å². The van der Waals surface area contributed by atoms with E-state index in [1.54, 1.807) is 12.1 Å². The Morgan fingerprint density at radius 1 is 1.08 bits per heavy atom. The van der Waals surface area contributed by atoms with Crippen molar-refractivity contribution in [3.8, 4) is 11.3 Å². The van der Waals surface area contributed by atoms with E-state index in [9.17, 15) is 4.79 Å². The maximum Gasteiger partial charge on any atom is 0.255 e. The van der Waals surface area contributed by atoms with Crippen molar-refractivity contribution in [2.75, 3.05) is 5.32 Å². The summed E-state index contributed by atoms with van der Waals surface area (Å²) in [4.78, 5) is 21.3. The lowest BCUT2D eigenvalue weighted by atomic mass is 10.1. The van der Waals surface area contributed by atoms with Crippen molar-refractivity contribution in [3.05, 3.63) is 82.7 Å². The number of hydrogen-bond donors (Lipinski definition) is 1. The van der Waals surface area contributed by atoms with Gasteiger partial charge in [-0.25, -0.2) is 9.97 Å². The molecule has 2 aromatic carbocycles. The molecule has 0 aliphatic carbocycles. The smallest absolute Gasteiger partial charge is 0.255 e. The Hall–Kier alpha value is -2.99. The van der Waals surface area contributed by atoms with E-state index >= 15 is 0 Å². The van der Waals surface area contributed by atoms with Crippen molar-refractivity contribution in [3.63, 3.8) is 0 Å². The zero-order valence-corrected chi connectivity index (χ0v) is 15.6. The van der Waals surface area contributed by atoms with Gasteiger partial charge < -0.3 is 5.32 Å². The lowest BCUT2D eigenvalue weighted by Crippen LogP contribution is -2.11. The average Bonchev–Trinajstić information content (AvgIpc) is 3.05. The molecule has 0 spiro atoms. The van der Waals surface area contributed by atoms with Crippen LogP contribution < -0.4 is 5.32 Å². The largest absolute Gasteiger partial charge is 0.322 e. The molecule has 0 fully saturated rings. The van der Waals surface area contributed by atoms with Crippen LogP contribution in [0, 0.1) is 6.92 Å². The van der Waals surface area contributed by atoms with Crippen molar-refractivity contribution in [2.45, 2.75) is 6.92 Å². The first-order valence-corrected chi connectivity index (χ1v) is 8.87. The average molecular weight is 407 g/mol. The van der Waals surface area contributed by atoms with E-state index in [2.05, 4.69) is 31.2 Å². The van der Waals surface area contributed by atoms with E-state index in [0.717, 1.165) is 27.1 Å². The normalized spacial score (nSPS) is 10.8. The van der Waals surface area contributed by atoms with Crippen LogP contribution in [-0.2, 0) is 0 Å². The van der Waals surface area contributed by atoms with E-state index in [4.69, 9.17) is 0 Å². The quantitative estimate of drug-likeness (QED) is 0.535. The van der Waals surface area contributed by atoms with Gasteiger partial charge in [0.15, 0.2) is 0 Å². The molecule has 0 aliphatic rings. The maximum absolute atomic E-state index is 12.3. The van der Waals surface area contributed by atoms with Gasteiger partial charge in [0, 0.05) is 39.4 Å². The highest BCUT2D eigenvalue weighted by atomic mass is 79.9. The SMILES string of the molecule is Cc1ccn2cc(-c3ccc(NC(=O)c4cccc(Br)c4)cc3)nc2n1. The lowest BCUT2D eigenvalue weighted by Gasteiger charge is -2.06. The third kappa shape index (κ3) is 3.36. The van der Waals surface area contributed by atoms with Crippen molar-refractivity contribution in [1.82, 2.24) is 14.4 Å². The van der Waals surface area contributed by atoms with Crippen LogP contribution in [0.15, 0.2) is 71.5 Å². The first kappa shape index (κ1) is 16.5. The molecule has 0 bridgehead atoms. The Morgan fingerprint density at radius 3 is 2.65 bits per heavy atom. The summed E-state index contributed by atoms with van der Waals surface area (Å²) in [6.45, 7) is 1.94. The number of aromatic nitrogens is 3. The molecular weight excluding hydrogens is 392 g/mol. The Bertz CT molecular complexity index is 1100. The van der Waals surface area contributed by atoms with E-state index in [1.807, 2.05) is 66.2 Å². The van der Waals surface area contributed by atoms with Gasteiger partial charge in [-0.15, -0.1) is 0 Å². The molecule has 0 atom stereocenters. The second-order valence-corrected chi connectivity index (χ2v) is 6.86. The first-order chi connectivity index (χ1) is 12.6. The standard InChI is InChI=1S/C20H15BrN4O/c1-13-9-10-25-12-18(24-20(25)22-13)14-5-7-17(8-6-14)23-19(26)15-3-2-4-16(21)11-15/h2-12H,1H3,(H,23,26). The van der Waals surface area contributed by atoms with E-state index in [0.29, 0.717) is 11.3 Å². The predicted octanol–water partition coefficient (Wildman–Crippen LogP) is 4.72. The molecule has 1 amide bonds. The number of nitrogens with zero attached hydrogens (tertiary/aromatic N) is 3. The summed E-state index contributed by atoms with van der Waals surface area (Å²) in [6, 6.07) is 16.8. The highest BCUT2D eigenvalue weighted by Crippen LogP contribution is 2.21. The fourth-order valence-corrected chi connectivity index (χ4v) is 3.06. The van der Waals surface area contributed by atoms with E-state index in [-0.39, 0.29) is 5.91 Å². The third-order valence-electron chi connectivity index (χ3n) is 3.99. The van der Waals surface area contributed by atoms with E-state index < -0.39 is 0 Å². The van der Waals surface area contributed by atoms with Crippen LogP contribution in [-0.4, -0.2) is 20.3 Å². The van der Waals surface area contributed by atoms with Gasteiger partial charge in [0.2, 0.25) is 5.78 Å². The number of carbonyl (C=O) groups excluding carboxylic acids is 1. The molecule has 0 saturated carbocycles. The first-order valence-electron chi connectivity index (χ1n) is 8.08. The summed E-state index contributed by atoms with van der Waals surface area (Å²) in [6.07, 6.45) is 3.89. The third-order valence-corrected chi connectivity index (χ3v) is 4.48. The summed E-state index contributed by atoms with van der Waals surface area (Å²) in [5.41, 5.74) is 4.07. The Morgan fingerprint density at radius 2 is 1.88 bits per heavy atom.